The first-order valence-electron chi connectivity index (χ1n) is 6.98. The highest BCUT2D eigenvalue weighted by Crippen LogP contribution is 2.32. The molecule has 0 spiro atoms. The molecule has 3 N–H and O–H groups in total. The van der Waals surface area contributed by atoms with Crippen LogP contribution in [0.3, 0.4) is 0 Å². The Labute approximate surface area is 127 Å². The lowest BCUT2D eigenvalue weighted by atomic mass is 9.96. The topological polar surface area (TPSA) is 90.9 Å². The number of methoxy groups -OCH3 is 1. The van der Waals surface area contributed by atoms with E-state index in [1.807, 2.05) is 12.1 Å². The van der Waals surface area contributed by atoms with Crippen molar-refractivity contribution in [2.24, 2.45) is 0 Å². The lowest BCUT2D eigenvalue weighted by Crippen LogP contribution is -2.44. The van der Waals surface area contributed by atoms with Crippen molar-refractivity contribution in [3.8, 4) is 5.75 Å². The molecule has 1 aromatic carbocycles. The van der Waals surface area contributed by atoms with Crippen LogP contribution in [0.5, 0.6) is 5.75 Å². The summed E-state index contributed by atoms with van der Waals surface area (Å²) in [5, 5.41) is 14.5. The maximum atomic E-state index is 12.5. The van der Waals surface area contributed by atoms with Crippen LogP contribution in [0.25, 0.3) is 0 Å². The SMILES string of the molecule is COc1ccc(C2NC(=O)NC3=C2C(=O)N(CCO)C3)cc1. The zero-order valence-corrected chi connectivity index (χ0v) is 12.1. The Morgan fingerprint density at radius 3 is 2.68 bits per heavy atom. The molecule has 0 aliphatic carbocycles. The predicted octanol–water partition coefficient (Wildman–Crippen LogP) is 0.138. The van der Waals surface area contributed by atoms with E-state index < -0.39 is 6.04 Å². The summed E-state index contributed by atoms with van der Waals surface area (Å²) < 4.78 is 5.12. The summed E-state index contributed by atoms with van der Waals surface area (Å²) >= 11 is 0. The summed E-state index contributed by atoms with van der Waals surface area (Å²) in [5.74, 6) is 0.537. The number of ether oxygens (including phenoxy) is 1. The molecule has 0 saturated heterocycles. The second kappa shape index (κ2) is 5.69. The summed E-state index contributed by atoms with van der Waals surface area (Å²) in [7, 11) is 1.58. The van der Waals surface area contributed by atoms with E-state index in [1.54, 1.807) is 19.2 Å². The minimum atomic E-state index is -0.495. The van der Waals surface area contributed by atoms with E-state index >= 15 is 0 Å². The fraction of sp³-hybridized carbons (Fsp3) is 0.333. The van der Waals surface area contributed by atoms with Gasteiger partial charge in [0.1, 0.15) is 5.75 Å². The standard InChI is InChI=1S/C15H17N3O4/c1-22-10-4-2-9(3-5-10)13-12-11(16-15(21)17-13)8-18(6-7-19)14(12)20/h2-5,13,19H,6-8H2,1H3,(H2,16,17,21). The van der Waals surface area contributed by atoms with Crippen molar-refractivity contribution in [1.29, 1.82) is 0 Å². The second-order valence-corrected chi connectivity index (χ2v) is 5.15. The largest absolute Gasteiger partial charge is 0.497 e. The molecule has 2 aliphatic rings. The highest BCUT2D eigenvalue weighted by atomic mass is 16.5. The number of rotatable bonds is 4. The fourth-order valence-corrected chi connectivity index (χ4v) is 2.78. The third-order valence-corrected chi connectivity index (χ3v) is 3.84. The van der Waals surface area contributed by atoms with Crippen LogP contribution in [-0.4, -0.2) is 48.8 Å². The third-order valence-electron chi connectivity index (χ3n) is 3.84. The van der Waals surface area contributed by atoms with Gasteiger partial charge in [-0.3, -0.25) is 4.79 Å². The van der Waals surface area contributed by atoms with Crippen LogP contribution < -0.4 is 15.4 Å². The molecule has 2 heterocycles. The highest BCUT2D eigenvalue weighted by Gasteiger charge is 2.39. The average molecular weight is 303 g/mol. The van der Waals surface area contributed by atoms with Crippen molar-refractivity contribution in [2.75, 3.05) is 26.8 Å². The number of nitrogens with one attached hydrogen (secondary N) is 2. The van der Waals surface area contributed by atoms with Gasteiger partial charge in [-0.1, -0.05) is 12.1 Å². The van der Waals surface area contributed by atoms with Gasteiger partial charge in [0.2, 0.25) is 0 Å². The molecule has 3 rings (SSSR count). The molecule has 0 saturated carbocycles. The van der Waals surface area contributed by atoms with Crippen LogP contribution in [0.4, 0.5) is 4.79 Å². The van der Waals surface area contributed by atoms with E-state index in [1.165, 1.54) is 4.90 Å². The van der Waals surface area contributed by atoms with Gasteiger partial charge in [0.15, 0.2) is 0 Å². The first-order valence-corrected chi connectivity index (χ1v) is 6.98. The first-order chi connectivity index (χ1) is 10.6. The molecule has 7 heteroatoms. The maximum Gasteiger partial charge on any atom is 0.319 e. The van der Waals surface area contributed by atoms with E-state index in [4.69, 9.17) is 9.84 Å². The van der Waals surface area contributed by atoms with Crippen LogP contribution in [0.15, 0.2) is 35.5 Å². The first kappa shape index (κ1) is 14.4. The van der Waals surface area contributed by atoms with Crippen molar-refractivity contribution in [3.05, 3.63) is 41.1 Å². The second-order valence-electron chi connectivity index (χ2n) is 5.15. The minimum Gasteiger partial charge on any atom is -0.497 e. The van der Waals surface area contributed by atoms with Gasteiger partial charge in [0.25, 0.3) is 5.91 Å². The molecular weight excluding hydrogens is 286 g/mol. The van der Waals surface area contributed by atoms with Crippen molar-refractivity contribution >= 4 is 11.9 Å². The van der Waals surface area contributed by atoms with Crippen LogP contribution in [0, 0.1) is 0 Å². The number of hydrogen-bond donors (Lipinski definition) is 3. The van der Waals surface area contributed by atoms with Crippen LogP contribution in [-0.2, 0) is 4.79 Å². The number of benzene rings is 1. The molecule has 1 atom stereocenters. The number of urea groups is 1. The quantitative estimate of drug-likeness (QED) is 0.738. The van der Waals surface area contributed by atoms with Crippen molar-refractivity contribution in [1.82, 2.24) is 15.5 Å². The smallest absolute Gasteiger partial charge is 0.319 e. The third kappa shape index (κ3) is 2.39. The Balaban J connectivity index is 1.94. The van der Waals surface area contributed by atoms with Crippen LogP contribution >= 0.6 is 0 Å². The summed E-state index contributed by atoms with van der Waals surface area (Å²) in [4.78, 5) is 25.8. The van der Waals surface area contributed by atoms with Crippen molar-refractivity contribution < 1.29 is 19.4 Å². The number of carbonyl (C=O) groups is 2. The summed E-state index contributed by atoms with van der Waals surface area (Å²) in [6.45, 7) is 0.451. The van der Waals surface area contributed by atoms with Gasteiger partial charge < -0.3 is 25.4 Å². The molecule has 1 unspecified atom stereocenters. The molecule has 7 nitrogen and oxygen atoms in total. The average Bonchev–Trinajstić information content (AvgIpc) is 2.83. The number of carbonyl (C=O) groups excluding carboxylic acids is 2. The molecule has 0 bridgehead atoms. The number of hydrogen-bond acceptors (Lipinski definition) is 4. The van der Waals surface area contributed by atoms with Crippen molar-refractivity contribution in [3.63, 3.8) is 0 Å². The molecular formula is C15H17N3O4. The van der Waals surface area contributed by atoms with Gasteiger partial charge in [-0.15, -0.1) is 0 Å². The number of amides is 3. The number of β-amino-alcohol motifs (C(OH)–C–C–N with tert-alkyl or cyclic N) is 1. The van der Waals surface area contributed by atoms with Gasteiger partial charge in [-0.05, 0) is 17.7 Å². The predicted molar refractivity (Wildman–Crippen MR) is 78.1 cm³/mol. The number of nitrogens with zero attached hydrogens (tertiary/aromatic N) is 1. The molecule has 3 amide bonds. The molecule has 1 aromatic rings. The molecule has 2 aliphatic heterocycles. The molecule has 0 fully saturated rings. The summed E-state index contributed by atoms with van der Waals surface area (Å²) in [5.41, 5.74) is 1.93. The Kier molecular flexibility index (Phi) is 3.72. The minimum absolute atomic E-state index is 0.110. The van der Waals surface area contributed by atoms with Crippen LogP contribution in [0.2, 0.25) is 0 Å². The summed E-state index contributed by atoms with van der Waals surface area (Å²) in [6.07, 6.45) is 0. The van der Waals surface area contributed by atoms with E-state index in [-0.39, 0.29) is 25.1 Å². The Hall–Kier alpha value is -2.54. The maximum absolute atomic E-state index is 12.5. The van der Waals surface area contributed by atoms with Gasteiger partial charge in [0.05, 0.1) is 37.6 Å². The van der Waals surface area contributed by atoms with Gasteiger partial charge in [-0.25, -0.2) is 4.79 Å². The zero-order valence-electron chi connectivity index (χ0n) is 12.1. The number of aliphatic hydroxyl groups excluding tert-OH is 1. The molecule has 22 heavy (non-hydrogen) atoms. The Morgan fingerprint density at radius 1 is 1.32 bits per heavy atom. The highest BCUT2D eigenvalue weighted by molar-refractivity contribution is 6.01. The molecule has 0 aromatic heterocycles. The van der Waals surface area contributed by atoms with Gasteiger partial charge in [0, 0.05) is 6.54 Å². The van der Waals surface area contributed by atoms with E-state index in [9.17, 15) is 9.59 Å². The molecule has 0 radical (unpaired) electrons. The van der Waals surface area contributed by atoms with E-state index in [0.717, 1.165) is 5.56 Å². The Morgan fingerprint density at radius 2 is 2.05 bits per heavy atom. The van der Waals surface area contributed by atoms with E-state index in [0.29, 0.717) is 23.6 Å². The molecule has 116 valence electrons. The van der Waals surface area contributed by atoms with Gasteiger partial charge >= 0.3 is 6.03 Å². The zero-order chi connectivity index (χ0) is 15.7. The van der Waals surface area contributed by atoms with Crippen molar-refractivity contribution in [2.45, 2.75) is 6.04 Å². The lowest BCUT2D eigenvalue weighted by molar-refractivity contribution is -0.126. The number of aliphatic hydroxyl groups is 1. The lowest BCUT2D eigenvalue weighted by Gasteiger charge is -2.25. The fourth-order valence-electron chi connectivity index (χ4n) is 2.78. The Bertz CT molecular complexity index is 639. The van der Waals surface area contributed by atoms with E-state index in [2.05, 4.69) is 10.6 Å². The monoisotopic (exact) mass is 303 g/mol. The van der Waals surface area contributed by atoms with Gasteiger partial charge in [-0.2, -0.15) is 0 Å². The summed E-state index contributed by atoms with van der Waals surface area (Å²) in [6, 6.07) is 6.39. The van der Waals surface area contributed by atoms with Crippen LogP contribution in [0.1, 0.15) is 11.6 Å². The normalized spacial score (nSPS) is 20.6.